The summed E-state index contributed by atoms with van der Waals surface area (Å²) in [4.78, 5) is 26.7. The van der Waals surface area contributed by atoms with E-state index >= 15 is 0 Å². The van der Waals surface area contributed by atoms with Crippen LogP contribution in [0.4, 0.5) is 0 Å². The van der Waals surface area contributed by atoms with Crippen LogP contribution in [0.2, 0.25) is 0 Å². The van der Waals surface area contributed by atoms with E-state index in [-0.39, 0.29) is 0 Å². The zero-order valence-corrected chi connectivity index (χ0v) is 10.7. The first-order valence-electron chi connectivity index (χ1n) is 5.76. The third kappa shape index (κ3) is 2.68. The van der Waals surface area contributed by atoms with Crippen LogP contribution in [0.25, 0.3) is 11.1 Å². The number of hydrogen-bond donors (Lipinski definition) is 0. The van der Waals surface area contributed by atoms with Gasteiger partial charge in [0, 0.05) is 17.5 Å². The van der Waals surface area contributed by atoms with Crippen LogP contribution in [-0.4, -0.2) is 24.3 Å². The Bertz CT molecular complexity index is 635. The fraction of sp³-hybridized carbons (Fsp3) is 0.133. The van der Waals surface area contributed by atoms with Gasteiger partial charge in [-0.05, 0) is 30.2 Å². The standard InChI is InChI=1S/C15H13NO3/c1-10-6-13(14(8-16-10)15(18)19-2)12-5-3-4-11(7-12)9-17/h3-9H,1-2H3. The van der Waals surface area contributed by atoms with Crippen LogP contribution in [0.3, 0.4) is 0 Å². The molecule has 2 aromatic rings. The van der Waals surface area contributed by atoms with Gasteiger partial charge in [-0.25, -0.2) is 4.79 Å². The molecule has 19 heavy (non-hydrogen) atoms. The lowest BCUT2D eigenvalue weighted by Crippen LogP contribution is -2.05. The Morgan fingerprint density at radius 1 is 1.32 bits per heavy atom. The quantitative estimate of drug-likeness (QED) is 0.625. The number of carbonyl (C=O) groups is 2. The lowest BCUT2D eigenvalue weighted by molar-refractivity contribution is 0.0601. The highest BCUT2D eigenvalue weighted by Crippen LogP contribution is 2.25. The minimum atomic E-state index is -0.445. The second kappa shape index (κ2) is 5.44. The summed E-state index contributed by atoms with van der Waals surface area (Å²) in [5.74, 6) is -0.445. The van der Waals surface area contributed by atoms with Gasteiger partial charge < -0.3 is 4.74 Å². The summed E-state index contributed by atoms with van der Waals surface area (Å²) >= 11 is 0. The van der Waals surface area contributed by atoms with E-state index < -0.39 is 5.97 Å². The topological polar surface area (TPSA) is 56.3 Å². The Labute approximate surface area is 111 Å². The Kier molecular flexibility index (Phi) is 3.71. The fourth-order valence-corrected chi connectivity index (χ4v) is 1.85. The van der Waals surface area contributed by atoms with Crippen LogP contribution in [0.15, 0.2) is 36.5 Å². The van der Waals surface area contributed by atoms with Crippen molar-refractivity contribution >= 4 is 12.3 Å². The van der Waals surface area contributed by atoms with Crippen LogP contribution >= 0.6 is 0 Å². The molecular formula is C15H13NO3. The maximum atomic E-state index is 11.7. The number of hydrogen-bond acceptors (Lipinski definition) is 4. The van der Waals surface area contributed by atoms with Crippen molar-refractivity contribution in [3.63, 3.8) is 0 Å². The maximum absolute atomic E-state index is 11.7. The van der Waals surface area contributed by atoms with Gasteiger partial charge in [0.1, 0.15) is 6.29 Å². The number of esters is 1. The van der Waals surface area contributed by atoms with Crippen molar-refractivity contribution in [3.05, 3.63) is 53.3 Å². The SMILES string of the molecule is COC(=O)c1cnc(C)cc1-c1cccc(C=O)c1. The third-order valence-electron chi connectivity index (χ3n) is 2.78. The van der Waals surface area contributed by atoms with E-state index in [2.05, 4.69) is 4.98 Å². The summed E-state index contributed by atoms with van der Waals surface area (Å²) in [7, 11) is 1.33. The number of carbonyl (C=O) groups excluding carboxylic acids is 2. The predicted molar refractivity (Wildman–Crippen MR) is 71.1 cm³/mol. The fourth-order valence-electron chi connectivity index (χ4n) is 1.85. The van der Waals surface area contributed by atoms with Crippen molar-refractivity contribution in [1.82, 2.24) is 4.98 Å². The van der Waals surface area contributed by atoms with Gasteiger partial charge in [-0.15, -0.1) is 0 Å². The lowest BCUT2D eigenvalue weighted by atomic mass is 9.99. The van der Waals surface area contributed by atoms with E-state index in [9.17, 15) is 9.59 Å². The molecule has 1 heterocycles. The molecule has 0 atom stereocenters. The highest BCUT2D eigenvalue weighted by atomic mass is 16.5. The average Bonchev–Trinajstić information content (AvgIpc) is 2.46. The van der Waals surface area contributed by atoms with E-state index in [1.54, 1.807) is 24.3 Å². The molecule has 96 valence electrons. The molecule has 1 aromatic heterocycles. The molecule has 4 nitrogen and oxygen atoms in total. The molecule has 0 unspecified atom stereocenters. The number of ether oxygens (including phenoxy) is 1. The van der Waals surface area contributed by atoms with Crippen LogP contribution in [0, 0.1) is 6.92 Å². The minimum absolute atomic E-state index is 0.385. The Hall–Kier alpha value is -2.49. The van der Waals surface area contributed by atoms with Gasteiger partial charge in [-0.1, -0.05) is 18.2 Å². The summed E-state index contributed by atoms with van der Waals surface area (Å²) in [6.07, 6.45) is 2.26. The van der Waals surface area contributed by atoms with Gasteiger partial charge in [0.2, 0.25) is 0 Å². The molecule has 4 heteroatoms. The van der Waals surface area contributed by atoms with Gasteiger partial charge >= 0.3 is 5.97 Å². The molecule has 0 radical (unpaired) electrons. The van der Waals surface area contributed by atoms with Gasteiger partial charge in [0.15, 0.2) is 0 Å². The number of rotatable bonds is 3. The largest absolute Gasteiger partial charge is 0.465 e. The van der Waals surface area contributed by atoms with E-state index in [0.717, 1.165) is 17.5 Å². The van der Waals surface area contributed by atoms with Crippen molar-refractivity contribution in [2.45, 2.75) is 6.92 Å². The van der Waals surface area contributed by atoms with Crippen LogP contribution in [0.1, 0.15) is 26.4 Å². The number of aldehydes is 1. The Morgan fingerprint density at radius 3 is 2.79 bits per heavy atom. The number of benzene rings is 1. The number of nitrogens with zero attached hydrogens (tertiary/aromatic N) is 1. The minimum Gasteiger partial charge on any atom is -0.465 e. The molecule has 0 bridgehead atoms. The normalized spacial score (nSPS) is 10.0. The Morgan fingerprint density at radius 2 is 2.11 bits per heavy atom. The molecule has 0 aliphatic rings. The number of pyridine rings is 1. The first kappa shape index (κ1) is 13.0. The van der Waals surface area contributed by atoms with Gasteiger partial charge in [0.25, 0.3) is 0 Å². The number of aryl methyl sites for hydroxylation is 1. The van der Waals surface area contributed by atoms with Gasteiger partial charge in [-0.2, -0.15) is 0 Å². The molecule has 1 aromatic carbocycles. The molecule has 0 fully saturated rings. The van der Waals surface area contributed by atoms with Crippen molar-refractivity contribution in [2.75, 3.05) is 7.11 Å². The van der Waals surface area contributed by atoms with Gasteiger partial charge in [0.05, 0.1) is 12.7 Å². The Balaban J connectivity index is 2.62. The second-order valence-electron chi connectivity index (χ2n) is 4.11. The van der Waals surface area contributed by atoms with E-state index in [1.807, 2.05) is 13.0 Å². The zero-order chi connectivity index (χ0) is 13.8. The highest BCUT2D eigenvalue weighted by molar-refractivity contribution is 5.97. The third-order valence-corrected chi connectivity index (χ3v) is 2.78. The molecule has 0 aliphatic carbocycles. The molecule has 0 spiro atoms. The first-order chi connectivity index (χ1) is 9.15. The second-order valence-corrected chi connectivity index (χ2v) is 4.11. The van der Waals surface area contributed by atoms with Crippen molar-refractivity contribution in [3.8, 4) is 11.1 Å². The zero-order valence-electron chi connectivity index (χ0n) is 10.7. The molecule has 0 saturated carbocycles. The number of aromatic nitrogens is 1. The monoisotopic (exact) mass is 255 g/mol. The summed E-state index contributed by atoms with van der Waals surface area (Å²) in [5.41, 5.74) is 3.23. The predicted octanol–water partition coefficient (Wildman–Crippen LogP) is 2.66. The highest BCUT2D eigenvalue weighted by Gasteiger charge is 2.14. The molecular weight excluding hydrogens is 242 g/mol. The summed E-state index contributed by atoms with van der Waals surface area (Å²) in [6.45, 7) is 1.84. The van der Waals surface area contributed by atoms with Crippen LogP contribution < -0.4 is 0 Å². The van der Waals surface area contributed by atoms with E-state index in [1.165, 1.54) is 13.3 Å². The molecule has 0 aliphatic heterocycles. The van der Waals surface area contributed by atoms with Crippen LogP contribution in [-0.2, 0) is 4.74 Å². The lowest BCUT2D eigenvalue weighted by Gasteiger charge is -2.09. The average molecular weight is 255 g/mol. The molecule has 0 saturated heterocycles. The van der Waals surface area contributed by atoms with Gasteiger partial charge in [-0.3, -0.25) is 9.78 Å². The summed E-state index contributed by atoms with van der Waals surface area (Å²) in [6, 6.07) is 8.86. The molecule has 0 N–H and O–H groups in total. The van der Waals surface area contributed by atoms with Crippen LogP contribution in [0.5, 0.6) is 0 Å². The number of methoxy groups -OCH3 is 1. The van der Waals surface area contributed by atoms with Crippen molar-refractivity contribution in [1.29, 1.82) is 0 Å². The molecule has 2 rings (SSSR count). The summed E-state index contributed by atoms with van der Waals surface area (Å²) in [5, 5.41) is 0. The summed E-state index contributed by atoms with van der Waals surface area (Å²) < 4.78 is 4.75. The van der Waals surface area contributed by atoms with Crippen molar-refractivity contribution < 1.29 is 14.3 Å². The smallest absolute Gasteiger partial charge is 0.340 e. The van der Waals surface area contributed by atoms with E-state index in [4.69, 9.17) is 4.74 Å². The first-order valence-corrected chi connectivity index (χ1v) is 5.76. The van der Waals surface area contributed by atoms with E-state index in [0.29, 0.717) is 16.7 Å². The maximum Gasteiger partial charge on any atom is 0.340 e. The van der Waals surface area contributed by atoms with Crippen molar-refractivity contribution in [2.24, 2.45) is 0 Å². The molecule has 0 amide bonds.